The first-order valence-corrected chi connectivity index (χ1v) is 20.5. The number of fused-ring (bicyclic) bond motifs is 3. The van der Waals surface area contributed by atoms with Gasteiger partial charge in [0.25, 0.3) is 0 Å². The first-order chi connectivity index (χ1) is 24.3. The molecule has 0 fully saturated rings. The van der Waals surface area contributed by atoms with Gasteiger partial charge in [-0.2, -0.15) is 0 Å². The molecule has 8 rings (SSSR count). The van der Waals surface area contributed by atoms with Gasteiger partial charge in [0.05, 0.1) is 0 Å². The van der Waals surface area contributed by atoms with Crippen molar-refractivity contribution < 1.29 is 0 Å². The number of rotatable bonds is 8. The van der Waals surface area contributed by atoms with Crippen molar-refractivity contribution in [1.82, 2.24) is 0 Å². The van der Waals surface area contributed by atoms with Gasteiger partial charge in [-0.05, 0) is 99.4 Å². The molecule has 0 atom stereocenters. The van der Waals surface area contributed by atoms with Crippen molar-refractivity contribution in [3.8, 4) is 11.1 Å². The summed E-state index contributed by atoms with van der Waals surface area (Å²) >= 11 is 0. The standard InChI is InChI=1S/C47H42N2Si/c1-47(2,35-27-31-40(32-28-35)48(37-17-8-5-9-18-37)38-19-10-6-11-20-38)36-29-33-41(34-30-36)49(39-21-12-7-13-22-39)44-25-16-24-43-42-23-14-15-26-45(42)50(3,4)46(43)44/h5-34H,1-4H3. The second-order valence-electron chi connectivity index (χ2n) is 14.3. The monoisotopic (exact) mass is 662 g/mol. The van der Waals surface area contributed by atoms with Crippen LogP contribution in [0.1, 0.15) is 25.0 Å². The van der Waals surface area contributed by atoms with Crippen molar-refractivity contribution >= 4 is 52.6 Å². The predicted molar refractivity (Wildman–Crippen MR) is 217 cm³/mol. The van der Waals surface area contributed by atoms with Crippen LogP contribution in [0.5, 0.6) is 0 Å². The zero-order valence-electron chi connectivity index (χ0n) is 29.2. The van der Waals surface area contributed by atoms with Crippen LogP contribution in [0.25, 0.3) is 11.1 Å². The van der Waals surface area contributed by atoms with Crippen LogP contribution >= 0.6 is 0 Å². The molecule has 2 nitrogen and oxygen atoms in total. The average Bonchev–Trinajstić information content (AvgIpc) is 3.40. The van der Waals surface area contributed by atoms with E-state index in [1.807, 2.05) is 0 Å². The summed E-state index contributed by atoms with van der Waals surface area (Å²) in [6.07, 6.45) is 0. The zero-order valence-corrected chi connectivity index (χ0v) is 30.2. The Kier molecular flexibility index (Phi) is 8.01. The lowest BCUT2D eigenvalue weighted by molar-refractivity contribution is 0.641. The van der Waals surface area contributed by atoms with E-state index in [-0.39, 0.29) is 5.41 Å². The Hall–Kier alpha value is -5.64. The third-order valence-electron chi connectivity index (χ3n) is 10.5. The number of benzene rings is 7. The summed E-state index contributed by atoms with van der Waals surface area (Å²) in [6.45, 7) is 9.65. The van der Waals surface area contributed by atoms with Crippen molar-refractivity contribution in [2.45, 2.75) is 32.4 Å². The number of hydrogen-bond donors (Lipinski definition) is 0. The van der Waals surface area contributed by atoms with E-state index < -0.39 is 8.07 Å². The first kappa shape index (κ1) is 31.6. The van der Waals surface area contributed by atoms with Gasteiger partial charge in [-0.25, -0.2) is 0 Å². The molecule has 7 aromatic rings. The summed E-state index contributed by atoms with van der Waals surface area (Å²) in [5.41, 5.74) is 12.2. The predicted octanol–water partition coefficient (Wildman–Crippen LogP) is 11.8. The minimum Gasteiger partial charge on any atom is -0.311 e. The largest absolute Gasteiger partial charge is 0.311 e. The number of anilines is 6. The van der Waals surface area contributed by atoms with Gasteiger partial charge >= 0.3 is 0 Å². The van der Waals surface area contributed by atoms with Crippen molar-refractivity contribution in [3.05, 3.63) is 193 Å². The maximum atomic E-state index is 2.50. The van der Waals surface area contributed by atoms with E-state index in [9.17, 15) is 0 Å². The third kappa shape index (κ3) is 5.44. The SMILES string of the molecule is CC(C)(c1ccc(N(c2ccccc2)c2ccccc2)cc1)c1ccc(N(c2ccccc2)c2cccc3c2[Si](C)(C)c2ccccc2-3)cc1. The van der Waals surface area contributed by atoms with E-state index in [0.717, 1.165) is 17.1 Å². The molecule has 1 aliphatic heterocycles. The normalized spacial score (nSPS) is 13.0. The lowest BCUT2D eigenvalue weighted by atomic mass is 9.78. The minimum absolute atomic E-state index is 0.191. The molecule has 244 valence electrons. The zero-order chi connectivity index (χ0) is 34.3. The molecular formula is C47H42N2Si. The number of para-hydroxylation sites is 3. The van der Waals surface area contributed by atoms with Gasteiger partial charge in [-0.1, -0.05) is 142 Å². The number of nitrogens with zero attached hydrogens (tertiary/aromatic N) is 2. The van der Waals surface area contributed by atoms with Gasteiger partial charge in [-0.3, -0.25) is 0 Å². The Bertz CT molecular complexity index is 2200. The maximum absolute atomic E-state index is 2.50. The summed E-state index contributed by atoms with van der Waals surface area (Å²) in [5, 5.41) is 3.03. The van der Waals surface area contributed by atoms with Gasteiger partial charge in [0.2, 0.25) is 0 Å². The van der Waals surface area contributed by atoms with Gasteiger partial charge < -0.3 is 9.80 Å². The van der Waals surface area contributed by atoms with Gasteiger partial charge in [0.1, 0.15) is 8.07 Å². The van der Waals surface area contributed by atoms with Gasteiger partial charge in [0, 0.05) is 39.5 Å². The Labute approximate surface area is 297 Å². The molecule has 0 amide bonds. The first-order valence-electron chi connectivity index (χ1n) is 17.5. The van der Waals surface area contributed by atoms with E-state index >= 15 is 0 Å². The lowest BCUT2D eigenvalue weighted by Crippen LogP contribution is -2.50. The van der Waals surface area contributed by atoms with Crippen LogP contribution in [0.3, 0.4) is 0 Å². The molecule has 1 heterocycles. The molecule has 1 aliphatic rings. The van der Waals surface area contributed by atoms with E-state index in [1.165, 1.54) is 49.7 Å². The minimum atomic E-state index is -1.94. The van der Waals surface area contributed by atoms with E-state index in [4.69, 9.17) is 0 Å². The molecule has 3 heteroatoms. The molecule has 0 N–H and O–H groups in total. The molecule has 7 aromatic carbocycles. The van der Waals surface area contributed by atoms with Crippen molar-refractivity contribution in [2.75, 3.05) is 9.80 Å². The quantitative estimate of drug-likeness (QED) is 0.149. The fourth-order valence-corrected chi connectivity index (χ4v) is 11.2. The summed E-state index contributed by atoms with van der Waals surface area (Å²) in [5.74, 6) is 0. The topological polar surface area (TPSA) is 6.48 Å². The van der Waals surface area contributed by atoms with Gasteiger partial charge in [0.15, 0.2) is 0 Å². The Morgan fingerprint density at radius 1 is 0.380 bits per heavy atom. The van der Waals surface area contributed by atoms with Crippen LogP contribution in [0.2, 0.25) is 13.1 Å². The van der Waals surface area contributed by atoms with Crippen LogP contribution in [-0.4, -0.2) is 8.07 Å². The summed E-state index contributed by atoms with van der Waals surface area (Å²) < 4.78 is 0. The molecular weight excluding hydrogens is 621 g/mol. The second-order valence-corrected chi connectivity index (χ2v) is 18.6. The van der Waals surface area contributed by atoms with Crippen molar-refractivity contribution in [3.63, 3.8) is 0 Å². The Morgan fingerprint density at radius 3 is 1.30 bits per heavy atom. The molecule has 50 heavy (non-hydrogen) atoms. The van der Waals surface area contributed by atoms with Crippen LogP contribution < -0.4 is 20.2 Å². The van der Waals surface area contributed by atoms with Crippen LogP contribution in [0.15, 0.2) is 182 Å². The van der Waals surface area contributed by atoms with E-state index in [1.54, 1.807) is 0 Å². The number of hydrogen-bond acceptors (Lipinski definition) is 2. The lowest BCUT2D eigenvalue weighted by Gasteiger charge is -2.32. The Morgan fingerprint density at radius 2 is 0.780 bits per heavy atom. The van der Waals surface area contributed by atoms with Crippen molar-refractivity contribution in [1.29, 1.82) is 0 Å². The highest BCUT2D eigenvalue weighted by molar-refractivity contribution is 7.04. The van der Waals surface area contributed by atoms with Crippen LogP contribution in [0, 0.1) is 0 Å². The highest BCUT2D eigenvalue weighted by atomic mass is 28.3. The Balaban J connectivity index is 1.15. The summed E-state index contributed by atoms with van der Waals surface area (Å²) in [7, 11) is -1.94. The highest BCUT2D eigenvalue weighted by Gasteiger charge is 2.40. The van der Waals surface area contributed by atoms with Gasteiger partial charge in [-0.15, -0.1) is 0 Å². The van der Waals surface area contributed by atoms with E-state index in [2.05, 4.69) is 219 Å². The van der Waals surface area contributed by atoms with E-state index in [0.29, 0.717) is 0 Å². The third-order valence-corrected chi connectivity index (χ3v) is 14.1. The fraction of sp³-hybridized carbons (Fsp3) is 0.106. The summed E-state index contributed by atoms with van der Waals surface area (Å²) in [6, 6.07) is 66.2. The van der Waals surface area contributed by atoms with Crippen molar-refractivity contribution in [2.24, 2.45) is 0 Å². The molecule has 0 aromatic heterocycles. The van der Waals surface area contributed by atoms with Crippen LogP contribution in [0.4, 0.5) is 34.1 Å². The molecule has 0 unspecified atom stereocenters. The second kappa shape index (κ2) is 12.7. The highest BCUT2D eigenvalue weighted by Crippen LogP contribution is 2.41. The summed E-state index contributed by atoms with van der Waals surface area (Å²) in [4.78, 5) is 4.78. The molecule has 0 saturated heterocycles. The maximum Gasteiger partial charge on any atom is 0.116 e. The molecule has 0 bridgehead atoms. The smallest absolute Gasteiger partial charge is 0.116 e. The fourth-order valence-electron chi connectivity index (χ4n) is 7.83. The molecule has 0 aliphatic carbocycles. The molecule has 0 saturated carbocycles. The molecule has 0 radical (unpaired) electrons. The van der Waals surface area contributed by atoms with Crippen LogP contribution in [-0.2, 0) is 5.41 Å². The average molecular weight is 663 g/mol. The molecule has 0 spiro atoms.